The molecule has 34 heavy (non-hydrogen) atoms. The number of aliphatic hydroxyl groups excluding tert-OH is 1. The molecule has 0 amide bonds. The van der Waals surface area contributed by atoms with Crippen LogP contribution in [0.5, 0.6) is 11.5 Å². The van der Waals surface area contributed by atoms with Crippen LogP contribution in [-0.4, -0.2) is 32.7 Å². The first-order chi connectivity index (χ1) is 15.8. The van der Waals surface area contributed by atoms with Crippen LogP contribution < -0.4 is 9.47 Å². The number of aliphatic hydroxyl groups is 1. The van der Waals surface area contributed by atoms with Crippen molar-refractivity contribution in [3.63, 3.8) is 0 Å². The average Bonchev–Trinajstić information content (AvgIpc) is 3.14. The second-order valence-corrected chi connectivity index (χ2v) is 16.8. The van der Waals surface area contributed by atoms with E-state index >= 15 is 0 Å². The van der Waals surface area contributed by atoms with E-state index in [0.29, 0.717) is 23.3 Å². The highest BCUT2D eigenvalue weighted by Crippen LogP contribution is 2.57. The SMILES string of the molecule is C=C[C@@H]1C[C@H](C(O)c2ccc(OC)c(OC(C)C)c2)[C@H]2[C@@H]1C(=C)CC[C@H]2O[Si](C)(C)C(C)(C)C. The Morgan fingerprint density at radius 3 is 2.41 bits per heavy atom. The van der Waals surface area contributed by atoms with Gasteiger partial charge in [-0.05, 0) is 92.6 Å². The molecule has 0 radical (unpaired) electrons. The summed E-state index contributed by atoms with van der Waals surface area (Å²) >= 11 is 0. The summed E-state index contributed by atoms with van der Waals surface area (Å²) in [6.07, 6.45) is 4.46. The fourth-order valence-corrected chi connectivity index (χ4v) is 7.07. The molecule has 1 N–H and O–H groups in total. The normalized spacial score (nSPS) is 28.5. The van der Waals surface area contributed by atoms with Crippen LogP contribution in [0.15, 0.2) is 43.0 Å². The number of rotatable bonds is 8. The zero-order valence-corrected chi connectivity index (χ0v) is 23.6. The Hall–Kier alpha value is -1.56. The number of hydrogen-bond acceptors (Lipinski definition) is 4. The van der Waals surface area contributed by atoms with Crippen LogP contribution in [0.25, 0.3) is 0 Å². The standard InChI is InChI=1S/C29H46O4Si/c1-11-20-16-22(28(30)21-13-15-23(31-8)25(17-21)32-18(2)3)27-24(14-12-19(4)26(20)27)33-34(9,10)29(5,6)7/h11,13,15,17-18,20,22,24,26-28,30H,1,4,12,14,16H2,2-3,5-10H3/t20-,22+,24-,26-,27-,28?/m1/s1. The van der Waals surface area contributed by atoms with Crippen LogP contribution in [0.3, 0.4) is 0 Å². The average molecular weight is 487 g/mol. The van der Waals surface area contributed by atoms with Crippen LogP contribution in [0.4, 0.5) is 0 Å². The quantitative estimate of drug-likeness (QED) is 0.309. The summed E-state index contributed by atoms with van der Waals surface area (Å²) in [5.74, 6) is 2.28. The third-order valence-electron chi connectivity index (χ3n) is 8.42. The zero-order valence-electron chi connectivity index (χ0n) is 22.6. The highest BCUT2D eigenvalue weighted by atomic mass is 28.4. The maximum absolute atomic E-state index is 11.8. The predicted molar refractivity (Wildman–Crippen MR) is 143 cm³/mol. The lowest BCUT2D eigenvalue weighted by molar-refractivity contribution is 0.00292. The van der Waals surface area contributed by atoms with E-state index in [0.717, 1.165) is 24.8 Å². The monoisotopic (exact) mass is 486 g/mol. The fraction of sp³-hybridized carbons (Fsp3) is 0.655. The zero-order chi connectivity index (χ0) is 25.4. The van der Waals surface area contributed by atoms with Crippen LogP contribution >= 0.6 is 0 Å². The lowest BCUT2D eigenvalue weighted by Crippen LogP contribution is -2.49. The second-order valence-electron chi connectivity index (χ2n) is 12.0. The van der Waals surface area contributed by atoms with Gasteiger partial charge in [0.1, 0.15) is 0 Å². The van der Waals surface area contributed by atoms with Gasteiger partial charge in [0.05, 0.1) is 19.3 Å². The molecule has 190 valence electrons. The van der Waals surface area contributed by atoms with E-state index in [2.05, 4.69) is 53.1 Å². The van der Waals surface area contributed by atoms with Crippen molar-refractivity contribution in [2.24, 2.45) is 23.7 Å². The van der Waals surface area contributed by atoms with Gasteiger partial charge in [0.25, 0.3) is 0 Å². The fourth-order valence-electron chi connectivity index (χ4n) is 5.68. The molecule has 1 aromatic rings. The topological polar surface area (TPSA) is 47.9 Å². The third kappa shape index (κ3) is 5.32. The maximum Gasteiger partial charge on any atom is 0.192 e. The van der Waals surface area contributed by atoms with Gasteiger partial charge < -0.3 is 19.0 Å². The molecular formula is C29H46O4Si. The summed E-state index contributed by atoms with van der Waals surface area (Å²) in [6.45, 7) is 24.1. The number of methoxy groups -OCH3 is 1. The molecule has 4 nitrogen and oxygen atoms in total. The van der Waals surface area contributed by atoms with Crippen molar-refractivity contribution in [3.05, 3.63) is 48.6 Å². The number of fused-ring (bicyclic) bond motifs is 1. The van der Waals surface area contributed by atoms with Crippen LogP contribution in [0.1, 0.15) is 65.5 Å². The highest BCUT2D eigenvalue weighted by Gasteiger charge is 2.53. The van der Waals surface area contributed by atoms with E-state index in [-0.39, 0.29) is 29.1 Å². The molecule has 2 fully saturated rings. The molecule has 1 unspecified atom stereocenters. The summed E-state index contributed by atoms with van der Waals surface area (Å²) in [6, 6.07) is 5.81. The van der Waals surface area contributed by atoms with Gasteiger partial charge in [-0.25, -0.2) is 0 Å². The van der Waals surface area contributed by atoms with E-state index in [1.807, 2.05) is 32.0 Å². The summed E-state index contributed by atoms with van der Waals surface area (Å²) in [4.78, 5) is 0. The molecule has 0 bridgehead atoms. The summed E-state index contributed by atoms with van der Waals surface area (Å²) in [7, 11) is -0.319. The molecule has 0 aromatic heterocycles. The molecular weight excluding hydrogens is 440 g/mol. The molecule has 1 aromatic carbocycles. The Kier molecular flexibility index (Phi) is 8.11. The van der Waals surface area contributed by atoms with E-state index < -0.39 is 14.4 Å². The van der Waals surface area contributed by atoms with E-state index in [4.69, 9.17) is 13.9 Å². The maximum atomic E-state index is 11.8. The lowest BCUT2D eigenvalue weighted by Gasteiger charge is -2.46. The van der Waals surface area contributed by atoms with Crippen molar-refractivity contribution in [1.82, 2.24) is 0 Å². The minimum atomic E-state index is -1.96. The van der Waals surface area contributed by atoms with E-state index in [1.54, 1.807) is 7.11 Å². The number of benzene rings is 1. The van der Waals surface area contributed by atoms with Crippen molar-refractivity contribution in [2.75, 3.05) is 7.11 Å². The first-order valence-corrected chi connectivity index (χ1v) is 15.7. The molecule has 0 saturated heterocycles. The van der Waals surface area contributed by atoms with Gasteiger partial charge in [0, 0.05) is 6.10 Å². The highest BCUT2D eigenvalue weighted by molar-refractivity contribution is 6.74. The first kappa shape index (κ1) is 27.0. The molecule has 2 saturated carbocycles. The first-order valence-electron chi connectivity index (χ1n) is 12.8. The predicted octanol–water partition coefficient (Wildman–Crippen LogP) is 7.31. The van der Waals surface area contributed by atoms with Crippen molar-refractivity contribution >= 4 is 8.32 Å². The molecule has 6 atom stereocenters. The molecule has 3 rings (SSSR count). The Balaban J connectivity index is 1.97. The van der Waals surface area contributed by atoms with Crippen LogP contribution in [0.2, 0.25) is 18.1 Å². The summed E-state index contributed by atoms with van der Waals surface area (Å²) in [5.41, 5.74) is 2.16. The largest absolute Gasteiger partial charge is 0.493 e. The third-order valence-corrected chi connectivity index (χ3v) is 12.9. The van der Waals surface area contributed by atoms with Crippen LogP contribution in [-0.2, 0) is 4.43 Å². The van der Waals surface area contributed by atoms with E-state index in [9.17, 15) is 5.11 Å². The van der Waals surface area contributed by atoms with Crippen molar-refractivity contribution < 1.29 is 19.0 Å². The minimum Gasteiger partial charge on any atom is -0.493 e. The van der Waals surface area contributed by atoms with Crippen molar-refractivity contribution in [3.8, 4) is 11.5 Å². The molecule has 2 aliphatic carbocycles. The van der Waals surface area contributed by atoms with Crippen molar-refractivity contribution in [2.45, 2.75) is 90.3 Å². The van der Waals surface area contributed by atoms with Gasteiger partial charge in [-0.1, -0.05) is 45.1 Å². The second kappa shape index (κ2) is 10.2. The summed E-state index contributed by atoms with van der Waals surface area (Å²) < 4.78 is 18.5. The smallest absolute Gasteiger partial charge is 0.192 e. The summed E-state index contributed by atoms with van der Waals surface area (Å²) in [5, 5.41) is 11.9. The van der Waals surface area contributed by atoms with Crippen LogP contribution in [0, 0.1) is 23.7 Å². The van der Waals surface area contributed by atoms with Gasteiger partial charge in [-0.15, -0.1) is 6.58 Å². The van der Waals surface area contributed by atoms with Gasteiger partial charge in [-0.3, -0.25) is 0 Å². The number of hydrogen-bond donors (Lipinski definition) is 1. The minimum absolute atomic E-state index is 0.0198. The van der Waals surface area contributed by atoms with Crippen molar-refractivity contribution in [1.29, 1.82) is 0 Å². The van der Waals surface area contributed by atoms with E-state index in [1.165, 1.54) is 5.57 Å². The molecule has 0 heterocycles. The van der Waals surface area contributed by atoms with Gasteiger partial charge >= 0.3 is 0 Å². The molecule has 2 aliphatic rings. The molecule has 0 aliphatic heterocycles. The Labute approximate surface area is 208 Å². The molecule has 0 spiro atoms. The Morgan fingerprint density at radius 1 is 1.18 bits per heavy atom. The van der Waals surface area contributed by atoms with Gasteiger partial charge in [0.15, 0.2) is 19.8 Å². The van der Waals surface area contributed by atoms with Gasteiger partial charge in [0.2, 0.25) is 0 Å². The van der Waals surface area contributed by atoms with Gasteiger partial charge in [-0.2, -0.15) is 0 Å². The number of allylic oxidation sites excluding steroid dienone is 2. The number of ether oxygens (including phenoxy) is 2. The Bertz CT molecular complexity index is 885. The Morgan fingerprint density at radius 2 is 1.85 bits per heavy atom. The lowest BCUT2D eigenvalue weighted by atomic mass is 9.70. The molecule has 5 heteroatoms.